The summed E-state index contributed by atoms with van der Waals surface area (Å²) in [7, 11) is 0. The smallest absolute Gasteiger partial charge is 0.256 e. The van der Waals surface area contributed by atoms with Gasteiger partial charge in [-0.15, -0.1) is 0 Å². The van der Waals surface area contributed by atoms with Crippen molar-refractivity contribution >= 4 is 60.7 Å². The third-order valence-electron chi connectivity index (χ3n) is 2.41. The summed E-state index contributed by atoms with van der Waals surface area (Å²) in [5.41, 5.74) is 7.20. The van der Waals surface area contributed by atoms with Crippen LogP contribution >= 0.6 is 43.5 Å². The van der Waals surface area contributed by atoms with Crippen LogP contribution in [0.4, 0.5) is 11.4 Å². The molecule has 0 aliphatic rings. The number of hydrogen-bond acceptors (Lipinski definition) is 2. The van der Waals surface area contributed by atoms with Crippen molar-refractivity contribution in [3.8, 4) is 0 Å². The fourth-order valence-corrected chi connectivity index (χ4v) is 2.64. The highest BCUT2D eigenvalue weighted by atomic mass is 79.9. The first-order chi connectivity index (χ1) is 8.97. The van der Waals surface area contributed by atoms with Gasteiger partial charge in [0.15, 0.2) is 0 Å². The molecule has 0 atom stereocenters. The van der Waals surface area contributed by atoms with E-state index in [-0.39, 0.29) is 5.91 Å². The first kappa shape index (κ1) is 14.4. The zero-order valence-corrected chi connectivity index (χ0v) is 13.5. The lowest BCUT2D eigenvalue weighted by Crippen LogP contribution is -2.13. The second kappa shape index (κ2) is 5.94. The molecule has 0 radical (unpaired) electrons. The van der Waals surface area contributed by atoms with Gasteiger partial charge in [-0.05, 0) is 52.3 Å². The van der Waals surface area contributed by atoms with Gasteiger partial charge in [-0.3, -0.25) is 4.79 Å². The summed E-state index contributed by atoms with van der Waals surface area (Å²) in [6.45, 7) is 0. The predicted molar refractivity (Wildman–Crippen MR) is 85.7 cm³/mol. The van der Waals surface area contributed by atoms with Gasteiger partial charge in [0, 0.05) is 14.6 Å². The number of nitrogen functional groups attached to an aromatic ring is 1. The number of rotatable bonds is 2. The lowest BCUT2D eigenvalue weighted by molar-refractivity contribution is 0.102. The molecule has 2 aromatic rings. The van der Waals surface area contributed by atoms with E-state index in [0.29, 0.717) is 26.4 Å². The zero-order valence-electron chi connectivity index (χ0n) is 9.58. The first-order valence-electron chi connectivity index (χ1n) is 5.29. The van der Waals surface area contributed by atoms with E-state index < -0.39 is 0 Å². The van der Waals surface area contributed by atoms with Gasteiger partial charge in [0.1, 0.15) is 0 Å². The van der Waals surface area contributed by atoms with E-state index in [2.05, 4.69) is 37.2 Å². The number of carbonyl (C=O) groups excluding carboxylic acids is 1. The van der Waals surface area contributed by atoms with Crippen LogP contribution in [0.15, 0.2) is 45.3 Å². The molecule has 6 heteroatoms. The number of hydrogen-bond donors (Lipinski definition) is 2. The number of carbonyl (C=O) groups is 1. The van der Waals surface area contributed by atoms with Crippen LogP contribution in [-0.4, -0.2) is 5.91 Å². The number of benzene rings is 2. The van der Waals surface area contributed by atoms with E-state index in [1.54, 1.807) is 36.4 Å². The van der Waals surface area contributed by atoms with E-state index in [4.69, 9.17) is 17.3 Å². The number of halogens is 3. The summed E-state index contributed by atoms with van der Waals surface area (Å²) >= 11 is 12.7. The van der Waals surface area contributed by atoms with E-state index in [0.717, 1.165) is 4.47 Å². The second-order valence-electron chi connectivity index (χ2n) is 3.82. The summed E-state index contributed by atoms with van der Waals surface area (Å²) in [4.78, 5) is 12.2. The molecule has 0 aromatic heterocycles. The third-order valence-corrected chi connectivity index (χ3v) is 3.91. The normalized spacial score (nSPS) is 10.3. The molecule has 0 spiro atoms. The number of anilines is 2. The summed E-state index contributed by atoms with van der Waals surface area (Å²) < 4.78 is 1.52. The molecule has 1 amide bonds. The Morgan fingerprint density at radius 3 is 2.58 bits per heavy atom. The fourth-order valence-electron chi connectivity index (χ4n) is 1.50. The third kappa shape index (κ3) is 3.49. The van der Waals surface area contributed by atoms with Gasteiger partial charge in [0.05, 0.1) is 16.3 Å². The lowest BCUT2D eigenvalue weighted by atomic mass is 10.2. The van der Waals surface area contributed by atoms with Crippen LogP contribution in [-0.2, 0) is 0 Å². The monoisotopic (exact) mass is 402 g/mol. The Labute approximate surface area is 132 Å². The molecule has 0 bridgehead atoms. The molecule has 0 saturated carbocycles. The molecule has 0 unspecified atom stereocenters. The molecule has 0 aliphatic carbocycles. The molecule has 0 saturated heterocycles. The lowest BCUT2D eigenvalue weighted by Gasteiger charge is -2.09. The van der Waals surface area contributed by atoms with E-state index in [1.807, 2.05) is 0 Å². The van der Waals surface area contributed by atoms with E-state index in [1.165, 1.54) is 0 Å². The van der Waals surface area contributed by atoms with Crippen LogP contribution in [0.25, 0.3) is 0 Å². The van der Waals surface area contributed by atoms with E-state index in [9.17, 15) is 4.79 Å². The molecule has 3 nitrogen and oxygen atoms in total. The van der Waals surface area contributed by atoms with Gasteiger partial charge in [-0.25, -0.2) is 0 Å². The van der Waals surface area contributed by atoms with Gasteiger partial charge in [-0.2, -0.15) is 0 Å². The molecule has 2 aromatic carbocycles. The topological polar surface area (TPSA) is 55.1 Å². The maximum absolute atomic E-state index is 12.2. The van der Waals surface area contributed by atoms with Crippen molar-refractivity contribution in [3.05, 3.63) is 55.9 Å². The second-order valence-corrected chi connectivity index (χ2v) is 5.99. The quantitative estimate of drug-likeness (QED) is 0.713. The molecular formula is C13H9Br2ClN2O. The minimum absolute atomic E-state index is 0.275. The average Bonchev–Trinajstić information content (AvgIpc) is 2.35. The van der Waals surface area contributed by atoms with Crippen molar-refractivity contribution in [2.24, 2.45) is 0 Å². The van der Waals surface area contributed by atoms with Gasteiger partial charge in [0.25, 0.3) is 5.91 Å². The molecule has 3 N–H and O–H groups in total. The SMILES string of the molecule is Nc1ccc(Br)c(C(=O)Nc2ccc(Br)cc2Cl)c1. The van der Waals surface area contributed by atoms with Crippen molar-refractivity contribution < 1.29 is 4.79 Å². The number of nitrogens with two attached hydrogens (primary N) is 1. The molecular weight excluding hydrogens is 395 g/mol. The summed E-state index contributed by atoms with van der Waals surface area (Å²) in [6, 6.07) is 10.3. The number of nitrogens with one attached hydrogen (secondary N) is 1. The largest absolute Gasteiger partial charge is 0.399 e. The maximum atomic E-state index is 12.2. The highest BCUT2D eigenvalue weighted by Gasteiger charge is 2.12. The zero-order chi connectivity index (χ0) is 14.0. The summed E-state index contributed by atoms with van der Waals surface area (Å²) in [5, 5.41) is 3.21. The van der Waals surface area contributed by atoms with Gasteiger partial charge >= 0.3 is 0 Å². The Morgan fingerprint density at radius 1 is 1.16 bits per heavy atom. The Kier molecular flexibility index (Phi) is 4.50. The molecule has 2 rings (SSSR count). The Balaban J connectivity index is 2.28. The minimum atomic E-state index is -0.275. The van der Waals surface area contributed by atoms with Gasteiger partial charge < -0.3 is 11.1 Å². The maximum Gasteiger partial charge on any atom is 0.256 e. The average molecular weight is 404 g/mol. The van der Waals surface area contributed by atoms with Crippen molar-refractivity contribution in [1.82, 2.24) is 0 Å². The van der Waals surface area contributed by atoms with Crippen molar-refractivity contribution in [2.75, 3.05) is 11.1 Å². The molecule has 0 fully saturated rings. The standard InChI is InChI=1S/C13H9Br2ClN2O/c14-7-1-4-12(11(16)5-7)18-13(19)9-6-8(17)2-3-10(9)15/h1-6H,17H2,(H,18,19). The molecule has 19 heavy (non-hydrogen) atoms. The highest BCUT2D eigenvalue weighted by molar-refractivity contribution is 9.10. The Bertz CT molecular complexity index is 647. The summed E-state index contributed by atoms with van der Waals surface area (Å²) in [6.07, 6.45) is 0. The minimum Gasteiger partial charge on any atom is -0.399 e. The van der Waals surface area contributed by atoms with Gasteiger partial charge in [-0.1, -0.05) is 27.5 Å². The van der Waals surface area contributed by atoms with Crippen LogP contribution in [0, 0.1) is 0 Å². The van der Waals surface area contributed by atoms with Crippen LogP contribution < -0.4 is 11.1 Å². The Morgan fingerprint density at radius 2 is 1.89 bits per heavy atom. The number of amides is 1. The highest BCUT2D eigenvalue weighted by Crippen LogP contribution is 2.27. The molecule has 98 valence electrons. The van der Waals surface area contributed by atoms with Crippen molar-refractivity contribution in [3.63, 3.8) is 0 Å². The Hall–Kier alpha value is -1.04. The van der Waals surface area contributed by atoms with Crippen LogP contribution in [0.2, 0.25) is 5.02 Å². The van der Waals surface area contributed by atoms with E-state index >= 15 is 0 Å². The van der Waals surface area contributed by atoms with Crippen LogP contribution in [0.1, 0.15) is 10.4 Å². The van der Waals surface area contributed by atoms with Crippen molar-refractivity contribution in [2.45, 2.75) is 0 Å². The first-order valence-corrected chi connectivity index (χ1v) is 7.25. The van der Waals surface area contributed by atoms with Gasteiger partial charge in [0.2, 0.25) is 0 Å². The summed E-state index contributed by atoms with van der Waals surface area (Å²) in [5.74, 6) is -0.275. The van der Waals surface area contributed by atoms with Crippen molar-refractivity contribution in [1.29, 1.82) is 0 Å². The fraction of sp³-hybridized carbons (Fsp3) is 0. The van der Waals surface area contributed by atoms with Crippen LogP contribution in [0.5, 0.6) is 0 Å². The molecule has 0 heterocycles. The van der Waals surface area contributed by atoms with Crippen LogP contribution in [0.3, 0.4) is 0 Å². The molecule has 0 aliphatic heterocycles. The predicted octanol–water partition coefficient (Wildman–Crippen LogP) is 4.70.